The van der Waals surface area contributed by atoms with Crippen molar-refractivity contribution in [1.82, 2.24) is 0 Å². The molecule has 0 saturated heterocycles. The topological polar surface area (TPSA) is 138 Å². The third-order valence-electron chi connectivity index (χ3n) is 9.36. The minimum Gasteiger partial charge on any atom is -0.481 e. The standard InChI is InChI=1S/C26H34O8/c1-14-10-16-17-7-9-26(20(30)13-27,34-22(33)5-4-21(31)32)25(17,3)12-19(29)23(16)24(2)8-6-15(28)11-18(14)24/h6,8,11,14,16-17,19,23,27,29H,4-5,7,9-10,12-13H2,1-3H3,(H,31,32)/t14-,16-,17?,19-,23+,24-,25-,26-/m0/s1. The van der Waals surface area contributed by atoms with Crippen LogP contribution in [0.2, 0.25) is 0 Å². The van der Waals surface area contributed by atoms with Gasteiger partial charge in [0.25, 0.3) is 0 Å². The van der Waals surface area contributed by atoms with Crippen LogP contribution in [0, 0.1) is 34.5 Å². The molecule has 0 heterocycles. The van der Waals surface area contributed by atoms with E-state index in [4.69, 9.17) is 9.84 Å². The van der Waals surface area contributed by atoms with Crippen molar-refractivity contribution in [2.24, 2.45) is 34.5 Å². The van der Waals surface area contributed by atoms with Crippen LogP contribution in [0.5, 0.6) is 0 Å². The molecule has 8 heteroatoms. The van der Waals surface area contributed by atoms with Crippen LogP contribution in [0.4, 0.5) is 0 Å². The number of allylic oxidation sites excluding steroid dienone is 4. The van der Waals surface area contributed by atoms with E-state index in [1.54, 1.807) is 12.2 Å². The third-order valence-corrected chi connectivity index (χ3v) is 9.36. The van der Waals surface area contributed by atoms with Crippen molar-refractivity contribution in [3.05, 3.63) is 23.8 Å². The molecule has 1 unspecified atom stereocenters. The Kier molecular flexibility index (Phi) is 6.13. The zero-order valence-corrected chi connectivity index (χ0v) is 20.0. The highest BCUT2D eigenvalue weighted by molar-refractivity contribution is 6.01. The molecular formula is C26H34O8. The number of carbonyl (C=O) groups excluding carboxylic acids is 3. The predicted octanol–water partition coefficient (Wildman–Crippen LogP) is 2.22. The van der Waals surface area contributed by atoms with Gasteiger partial charge in [-0.2, -0.15) is 0 Å². The zero-order valence-electron chi connectivity index (χ0n) is 20.0. The van der Waals surface area contributed by atoms with Crippen molar-refractivity contribution < 1.29 is 39.2 Å². The quantitative estimate of drug-likeness (QED) is 0.498. The van der Waals surface area contributed by atoms with E-state index < -0.39 is 53.3 Å². The Balaban J connectivity index is 1.72. The molecule has 0 aromatic carbocycles. The van der Waals surface area contributed by atoms with Crippen molar-refractivity contribution in [1.29, 1.82) is 0 Å². The number of fused-ring (bicyclic) bond motifs is 5. The van der Waals surface area contributed by atoms with Gasteiger partial charge in [-0.25, -0.2) is 0 Å². The van der Waals surface area contributed by atoms with Crippen molar-refractivity contribution in [2.75, 3.05) is 6.61 Å². The molecule has 3 N–H and O–H groups in total. The summed E-state index contributed by atoms with van der Waals surface area (Å²) in [4.78, 5) is 48.8. The van der Waals surface area contributed by atoms with E-state index in [-0.39, 0.29) is 48.7 Å². The fourth-order valence-corrected chi connectivity index (χ4v) is 8.00. The van der Waals surface area contributed by atoms with Crippen LogP contribution in [0.1, 0.15) is 59.3 Å². The van der Waals surface area contributed by atoms with Crippen molar-refractivity contribution in [2.45, 2.75) is 71.0 Å². The molecule has 4 rings (SSSR count). The highest BCUT2D eigenvalue weighted by Crippen LogP contribution is 2.68. The number of esters is 1. The summed E-state index contributed by atoms with van der Waals surface area (Å²) in [5.74, 6) is -2.65. The first-order valence-electron chi connectivity index (χ1n) is 12.1. The van der Waals surface area contributed by atoms with Crippen LogP contribution >= 0.6 is 0 Å². The summed E-state index contributed by atoms with van der Waals surface area (Å²) in [7, 11) is 0. The van der Waals surface area contributed by atoms with E-state index in [2.05, 4.69) is 13.8 Å². The fraction of sp³-hybridized carbons (Fsp3) is 0.692. The maximum Gasteiger partial charge on any atom is 0.307 e. The van der Waals surface area contributed by atoms with Gasteiger partial charge in [0.2, 0.25) is 5.78 Å². The predicted molar refractivity (Wildman–Crippen MR) is 120 cm³/mol. The number of ketones is 2. The SMILES string of the molecule is C[C@H]1C[C@H]2C3CC[C@](OC(=O)CCC(=O)O)(C(=O)CO)[C@@]3(C)C[C@H](O)[C@@H]2[C@@]2(C)C=CC(=O)C=C12. The Labute approximate surface area is 199 Å². The van der Waals surface area contributed by atoms with Crippen molar-refractivity contribution >= 4 is 23.5 Å². The monoisotopic (exact) mass is 474 g/mol. The molecule has 8 atom stereocenters. The lowest BCUT2D eigenvalue weighted by Crippen LogP contribution is -2.63. The molecular weight excluding hydrogens is 440 g/mol. The number of aliphatic hydroxyl groups is 2. The molecule has 0 radical (unpaired) electrons. The summed E-state index contributed by atoms with van der Waals surface area (Å²) in [5.41, 5.74) is -1.97. The first kappa shape index (κ1) is 24.8. The van der Waals surface area contributed by atoms with Gasteiger partial charge < -0.3 is 20.1 Å². The van der Waals surface area contributed by atoms with E-state index >= 15 is 0 Å². The van der Waals surface area contributed by atoms with E-state index in [1.807, 2.05) is 13.0 Å². The van der Waals surface area contributed by atoms with Gasteiger partial charge in [0, 0.05) is 16.7 Å². The second-order valence-electron chi connectivity index (χ2n) is 11.1. The van der Waals surface area contributed by atoms with Crippen LogP contribution < -0.4 is 0 Å². The minimum atomic E-state index is -1.60. The van der Waals surface area contributed by atoms with Gasteiger partial charge in [0.05, 0.1) is 18.9 Å². The van der Waals surface area contributed by atoms with Crippen molar-refractivity contribution in [3.63, 3.8) is 0 Å². The Morgan fingerprint density at radius 3 is 2.56 bits per heavy atom. The Hall–Kier alpha value is -2.32. The highest BCUT2D eigenvalue weighted by Gasteiger charge is 2.70. The number of hydrogen-bond donors (Lipinski definition) is 3. The fourth-order valence-electron chi connectivity index (χ4n) is 8.00. The van der Waals surface area contributed by atoms with E-state index in [9.17, 15) is 29.4 Å². The Morgan fingerprint density at radius 2 is 1.91 bits per heavy atom. The molecule has 186 valence electrons. The molecule has 3 saturated carbocycles. The van der Waals surface area contributed by atoms with Crippen LogP contribution in [0.25, 0.3) is 0 Å². The third kappa shape index (κ3) is 3.49. The molecule has 0 aromatic heterocycles. The van der Waals surface area contributed by atoms with Gasteiger partial charge in [-0.15, -0.1) is 0 Å². The first-order chi connectivity index (χ1) is 15.9. The number of Topliss-reactive ketones (excluding diaryl/α,β-unsaturated/α-hetero) is 1. The summed E-state index contributed by atoms with van der Waals surface area (Å²) in [6, 6.07) is 0. The molecule has 0 spiro atoms. The first-order valence-corrected chi connectivity index (χ1v) is 12.1. The number of aliphatic carboxylic acids is 1. The molecule has 0 aromatic rings. The molecule has 34 heavy (non-hydrogen) atoms. The van der Waals surface area contributed by atoms with Crippen LogP contribution in [0.15, 0.2) is 23.8 Å². The molecule has 8 nitrogen and oxygen atoms in total. The van der Waals surface area contributed by atoms with Gasteiger partial charge in [0.1, 0.15) is 6.61 Å². The summed E-state index contributed by atoms with van der Waals surface area (Å²) < 4.78 is 5.78. The minimum absolute atomic E-state index is 0.0230. The molecule has 3 fully saturated rings. The number of hydrogen-bond acceptors (Lipinski definition) is 7. The van der Waals surface area contributed by atoms with Gasteiger partial charge in [-0.05, 0) is 55.6 Å². The normalized spacial score (nSPS) is 42.8. The number of ether oxygens (including phenoxy) is 1. The summed E-state index contributed by atoms with van der Waals surface area (Å²) in [6.45, 7) is 5.21. The van der Waals surface area contributed by atoms with E-state index in [0.717, 1.165) is 12.0 Å². The number of carbonyl (C=O) groups is 4. The number of rotatable bonds is 6. The average Bonchev–Trinajstić information content (AvgIpc) is 3.05. The number of carboxylic acids is 1. The molecule has 0 aliphatic heterocycles. The molecule has 4 aliphatic carbocycles. The second kappa shape index (κ2) is 8.41. The number of carboxylic acid groups (broad SMARTS) is 1. The van der Waals surface area contributed by atoms with E-state index in [1.165, 1.54) is 0 Å². The van der Waals surface area contributed by atoms with Gasteiger partial charge in [0.15, 0.2) is 11.4 Å². The maximum absolute atomic E-state index is 13.1. The lowest BCUT2D eigenvalue weighted by atomic mass is 9.44. The molecule has 0 amide bonds. The molecule has 0 bridgehead atoms. The van der Waals surface area contributed by atoms with Crippen LogP contribution in [0.3, 0.4) is 0 Å². The van der Waals surface area contributed by atoms with Gasteiger partial charge in [-0.1, -0.05) is 32.4 Å². The number of aliphatic hydroxyl groups excluding tert-OH is 2. The summed E-state index contributed by atoms with van der Waals surface area (Å²) in [6.07, 6.45) is 5.34. The zero-order chi connectivity index (χ0) is 25.1. The summed E-state index contributed by atoms with van der Waals surface area (Å²) in [5, 5.41) is 30.3. The Morgan fingerprint density at radius 1 is 1.21 bits per heavy atom. The lowest BCUT2D eigenvalue weighted by Gasteiger charge is -2.61. The second-order valence-corrected chi connectivity index (χ2v) is 11.1. The largest absolute Gasteiger partial charge is 0.481 e. The maximum atomic E-state index is 13.1. The summed E-state index contributed by atoms with van der Waals surface area (Å²) >= 11 is 0. The van der Waals surface area contributed by atoms with Crippen LogP contribution in [-0.4, -0.2) is 57.1 Å². The van der Waals surface area contributed by atoms with Crippen LogP contribution in [-0.2, 0) is 23.9 Å². The van der Waals surface area contributed by atoms with Gasteiger partial charge in [-0.3, -0.25) is 19.2 Å². The van der Waals surface area contributed by atoms with Crippen molar-refractivity contribution in [3.8, 4) is 0 Å². The molecule has 4 aliphatic rings. The van der Waals surface area contributed by atoms with E-state index in [0.29, 0.717) is 6.42 Å². The Bertz CT molecular complexity index is 981. The smallest absolute Gasteiger partial charge is 0.307 e. The highest BCUT2D eigenvalue weighted by atomic mass is 16.6. The lowest BCUT2D eigenvalue weighted by molar-refractivity contribution is -0.201. The average molecular weight is 475 g/mol. The van der Waals surface area contributed by atoms with Gasteiger partial charge >= 0.3 is 11.9 Å².